The molecule has 0 saturated heterocycles. The Balaban J connectivity index is 1.61. The molecule has 0 spiro atoms. The van der Waals surface area contributed by atoms with E-state index in [1.807, 2.05) is 6.92 Å². The number of nitrogens with one attached hydrogen (secondary N) is 1. The molecule has 0 atom stereocenters. The number of anilines is 1. The molecule has 11 nitrogen and oxygen atoms in total. The lowest BCUT2D eigenvalue weighted by Crippen LogP contribution is -2.12. The monoisotopic (exact) mass is 514 g/mol. The highest BCUT2D eigenvalue weighted by molar-refractivity contribution is 7.89. The van der Waals surface area contributed by atoms with Crippen LogP contribution in [0.15, 0.2) is 70.5 Å². The Morgan fingerprint density at radius 2 is 1.40 bits per heavy atom. The maximum absolute atomic E-state index is 11.5. The highest BCUT2D eigenvalue weighted by Crippen LogP contribution is 2.27. The van der Waals surface area contributed by atoms with Crippen LogP contribution in [-0.2, 0) is 26.6 Å². The van der Waals surface area contributed by atoms with Crippen LogP contribution in [0.2, 0.25) is 0 Å². The van der Waals surface area contributed by atoms with Gasteiger partial charge in [0.25, 0.3) is 0 Å². The Hall–Kier alpha value is -3.65. The third-order valence-corrected chi connectivity index (χ3v) is 6.83. The van der Waals surface area contributed by atoms with Crippen molar-refractivity contribution in [2.75, 3.05) is 11.9 Å². The summed E-state index contributed by atoms with van der Waals surface area (Å²) in [6.45, 7) is 2.52. The summed E-state index contributed by atoms with van der Waals surface area (Å²) < 4.78 is 51.5. The molecule has 5 N–H and O–H groups in total. The van der Waals surface area contributed by atoms with E-state index in [0.29, 0.717) is 41.4 Å². The quantitative estimate of drug-likeness (QED) is 0.317. The average Bonchev–Trinajstić information content (AvgIpc) is 2.82. The third-order valence-electron chi connectivity index (χ3n) is 4.97. The van der Waals surface area contributed by atoms with Crippen LogP contribution in [0, 0.1) is 0 Å². The molecule has 0 saturated carbocycles. The number of hydrogen-bond acceptors (Lipinski definition) is 9. The topological polar surface area (TPSA) is 180 Å². The fourth-order valence-corrected chi connectivity index (χ4v) is 4.29. The molecule has 4 rings (SSSR count). The highest BCUT2D eigenvalue weighted by Gasteiger charge is 2.14. The molecule has 0 fully saturated rings. The molecule has 2 aromatic heterocycles. The van der Waals surface area contributed by atoms with Crippen molar-refractivity contribution >= 4 is 37.0 Å². The first-order chi connectivity index (χ1) is 16.5. The molecular weight excluding hydrogens is 492 g/mol. The van der Waals surface area contributed by atoms with E-state index in [-0.39, 0.29) is 15.7 Å². The number of nitrogens with zero attached hydrogens (tertiary/aromatic N) is 3. The lowest BCUT2D eigenvalue weighted by molar-refractivity contribution is 0.330. The Kier molecular flexibility index (Phi) is 6.67. The molecule has 0 amide bonds. The van der Waals surface area contributed by atoms with Crippen LogP contribution in [0.1, 0.15) is 12.5 Å². The Labute approximate surface area is 202 Å². The molecule has 0 radical (unpaired) electrons. The fourth-order valence-electron chi connectivity index (χ4n) is 3.26. The van der Waals surface area contributed by atoms with Gasteiger partial charge in [-0.15, -0.1) is 0 Å². The van der Waals surface area contributed by atoms with Gasteiger partial charge in [-0.1, -0.05) is 24.3 Å². The SMILES string of the molecule is CCOc1nc(NCc2ccc(S(N)(=O)=O)cc2)nc2ccc(-c3ccc(S(N)(=O)=O)cc3)nc12. The van der Waals surface area contributed by atoms with Crippen molar-refractivity contribution in [3.05, 3.63) is 66.2 Å². The first kappa shape index (κ1) is 24.5. The van der Waals surface area contributed by atoms with E-state index in [1.54, 1.807) is 36.4 Å². The van der Waals surface area contributed by atoms with Gasteiger partial charge in [0, 0.05) is 12.1 Å². The van der Waals surface area contributed by atoms with Crippen LogP contribution in [0.25, 0.3) is 22.3 Å². The summed E-state index contributed by atoms with van der Waals surface area (Å²) >= 11 is 0. The first-order valence-electron chi connectivity index (χ1n) is 10.3. The summed E-state index contributed by atoms with van der Waals surface area (Å²) in [4.78, 5) is 13.6. The molecule has 2 heterocycles. The lowest BCUT2D eigenvalue weighted by Gasteiger charge is -2.11. The van der Waals surface area contributed by atoms with Crippen molar-refractivity contribution in [3.8, 4) is 17.1 Å². The number of primary sulfonamides is 2. The van der Waals surface area contributed by atoms with Crippen LogP contribution in [0.5, 0.6) is 5.88 Å². The second-order valence-corrected chi connectivity index (χ2v) is 10.6. The third kappa shape index (κ3) is 5.71. The van der Waals surface area contributed by atoms with Gasteiger partial charge in [-0.3, -0.25) is 0 Å². The van der Waals surface area contributed by atoms with Crippen molar-refractivity contribution in [2.24, 2.45) is 10.3 Å². The van der Waals surface area contributed by atoms with E-state index >= 15 is 0 Å². The fraction of sp³-hybridized carbons (Fsp3) is 0.136. The van der Waals surface area contributed by atoms with Crippen molar-refractivity contribution in [1.29, 1.82) is 0 Å². The molecule has 0 aliphatic carbocycles. The van der Waals surface area contributed by atoms with Gasteiger partial charge in [0.1, 0.15) is 0 Å². The van der Waals surface area contributed by atoms with Gasteiger partial charge in [0.2, 0.25) is 31.9 Å². The van der Waals surface area contributed by atoms with Gasteiger partial charge in [-0.25, -0.2) is 37.1 Å². The summed E-state index contributed by atoms with van der Waals surface area (Å²) in [5, 5.41) is 13.4. The van der Waals surface area contributed by atoms with Gasteiger partial charge < -0.3 is 10.1 Å². The summed E-state index contributed by atoms with van der Waals surface area (Å²) in [6.07, 6.45) is 0. The number of pyridine rings is 1. The molecule has 35 heavy (non-hydrogen) atoms. The summed E-state index contributed by atoms with van der Waals surface area (Å²) in [7, 11) is -7.55. The molecule has 0 bridgehead atoms. The van der Waals surface area contributed by atoms with Gasteiger partial charge in [-0.05, 0) is 48.9 Å². The molecule has 182 valence electrons. The predicted molar refractivity (Wildman–Crippen MR) is 130 cm³/mol. The number of hydrogen-bond donors (Lipinski definition) is 3. The molecule has 0 unspecified atom stereocenters. The number of rotatable bonds is 8. The maximum Gasteiger partial charge on any atom is 0.245 e. The molecule has 13 heteroatoms. The Morgan fingerprint density at radius 3 is 1.97 bits per heavy atom. The van der Waals surface area contributed by atoms with E-state index in [4.69, 9.17) is 15.0 Å². The number of sulfonamides is 2. The van der Waals surface area contributed by atoms with E-state index in [9.17, 15) is 16.8 Å². The van der Waals surface area contributed by atoms with Crippen LogP contribution >= 0.6 is 0 Å². The Morgan fingerprint density at radius 1 is 0.800 bits per heavy atom. The smallest absolute Gasteiger partial charge is 0.245 e. The molecule has 0 aliphatic heterocycles. The van der Waals surface area contributed by atoms with Crippen molar-refractivity contribution in [3.63, 3.8) is 0 Å². The highest BCUT2D eigenvalue weighted by atomic mass is 32.2. The van der Waals surface area contributed by atoms with Crippen LogP contribution in [-0.4, -0.2) is 38.4 Å². The standard InChI is InChI=1S/C22H22N6O5S2/c1-2-33-21-20-19(12-11-18(26-20)15-5-9-17(10-6-15)35(24,31)32)27-22(28-21)25-13-14-3-7-16(8-4-14)34(23,29)30/h3-12H,2,13H2,1H3,(H2,23,29,30)(H2,24,31,32)(H,25,27,28). The van der Waals surface area contributed by atoms with Crippen LogP contribution in [0.3, 0.4) is 0 Å². The number of fused-ring (bicyclic) bond motifs is 1. The Bertz CT molecular complexity index is 1590. The van der Waals surface area contributed by atoms with Gasteiger partial charge in [0.05, 0.1) is 27.6 Å². The van der Waals surface area contributed by atoms with Crippen molar-refractivity contribution < 1.29 is 21.6 Å². The zero-order valence-electron chi connectivity index (χ0n) is 18.5. The maximum atomic E-state index is 11.5. The van der Waals surface area contributed by atoms with Crippen molar-refractivity contribution in [1.82, 2.24) is 15.0 Å². The minimum atomic E-state index is -3.79. The average molecular weight is 515 g/mol. The van der Waals surface area contributed by atoms with E-state index in [0.717, 1.165) is 5.56 Å². The molecule has 0 aliphatic rings. The van der Waals surface area contributed by atoms with Gasteiger partial charge in [0.15, 0.2) is 5.52 Å². The molecule has 2 aromatic carbocycles. The number of benzene rings is 2. The number of ether oxygens (including phenoxy) is 1. The van der Waals surface area contributed by atoms with Crippen LogP contribution in [0.4, 0.5) is 5.95 Å². The number of nitrogens with two attached hydrogens (primary N) is 2. The number of aromatic nitrogens is 3. The van der Waals surface area contributed by atoms with E-state index < -0.39 is 20.0 Å². The molecular formula is C22H22N6O5S2. The summed E-state index contributed by atoms with van der Waals surface area (Å²) in [5.74, 6) is 0.594. The minimum Gasteiger partial charge on any atom is -0.476 e. The van der Waals surface area contributed by atoms with Gasteiger partial charge in [-0.2, -0.15) is 4.98 Å². The van der Waals surface area contributed by atoms with E-state index in [1.165, 1.54) is 24.3 Å². The zero-order chi connectivity index (χ0) is 25.2. The van der Waals surface area contributed by atoms with E-state index in [2.05, 4.69) is 20.3 Å². The second-order valence-electron chi connectivity index (χ2n) is 7.46. The summed E-state index contributed by atoms with van der Waals surface area (Å²) in [5.41, 5.74) is 3.06. The summed E-state index contributed by atoms with van der Waals surface area (Å²) in [6, 6.07) is 15.7. The van der Waals surface area contributed by atoms with Gasteiger partial charge >= 0.3 is 0 Å². The lowest BCUT2D eigenvalue weighted by atomic mass is 10.1. The van der Waals surface area contributed by atoms with Crippen LogP contribution < -0.4 is 20.3 Å². The predicted octanol–water partition coefficient (Wildman–Crippen LogP) is 2.00. The first-order valence-corrected chi connectivity index (χ1v) is 13.4. The largest absolute Gasteiger partial charge is 0.476 e. The second kappa shape index (κ2) is 9.54. The minimum absolute atomic E-state index is 0.00962. The van der Waals surface area contributed by atoms with Crippen molar-refractivity contribution in [2.45, 2.75) is 23.3 Å². The normalized spacial score (nSPS) is 12.0. The zero-order valence-corrected chi connectivity index (χ0v) is 20.2. The molecule has 4 aromatic rings.